The van der Waals surface area contributed by atoms with Crippen LogP contribution >= 0.6 is 0 Å². The number of hydrogen-bond acceptors (Lipinski definition) is 9. The first-order valence-corrected chi connectivity index (χ1v) is 11.8. The van der Waals surface area contributed by atoms with Crippen molar-refractivity contribution < 1.29 is 24.6 Å². The van der Waals surface area contributed by atoms with E-state index in [4.69, 9.17) is 9.63 Å². The number of nitrogens with one attached hydrogen (secondary N) is 3. The number of carbonyl (C=O) groups excluding carboxylic acids is 1. The smallest absolute Gasteiger partial charge is 0.292 e. The van der Waals surface area contributed by atoms with Crippen LogP contribution < -0.4 is 10.6 Å². The molecule has 3 aromatic rings. The summed E-state index contributed by atoms with van der Waals surface area (Å²) in [5, 5.41) is 40.0. The highest BCUT2D eigenvalue weighted by Crippen LogP contribution is 2.57. The molecule has 0 spiro atoms. The predicted octanol–water partition coefficient (Wildman–Crippen LogP) is 1.05. The van der Waals surface area contributed by atoms with E-state index in [1.165, 1.54) is 0 Å². The molecule has 3 heterocycles. The SMILES string of the molecule is O=C(NC[C@H](O)CO)c1noc(-c2cnc3[nH]ccc3c2N[C@@]23CC4C[C@H](C2)C(O)[C@@H](C4)C3)n1. The third-order valence-corrected chi connectivity index (χ3v) is 7.77. The van der Waals surface area contributed by atoms with Crippen molar-refractivity contribution in [3.05, 3.63) is 24.3 Å². The summed E-state index contributed by atoms with van der Waals surface area (Å²) in [6.45, 7) is -0.586. The lowest BCUT2D eigenvalue weighted by molar-refractivity contribution is -0.0960. The number of rotatable bonds is 7. The number of amides is 1. The van der Waals surface area contributed by atoms with Gasteiger partial charge in [0, 0.05) is 29.9 Å². The molecule has 7 rings (SSSR count). The second-order valence-corrected chi connectivity index (χ2v) is 10.1. The van der Waals surface area contributed by atoms with Crippen LogP contribution in [-0.4, -0.2) is 72.2 Å². The molecule has 3 aromatic heterocycles. The van der Waals surface area contributed by atoms with Crippen molar-refractivity contribution in [1.29, 1.82) is 0 Å². The maximum absolute atomic E-state index is 12.3. The number of fused-ring (bicyclic) bond motifs is 1. The lowest BCUT2D eigenvalue weighted by atomic mass is 9.51. The fraction of sp³-hybridized carbons (Fsp3) is 0.565. The van der Waals surface area contributed by atoms with Crippen molar-refractivity contribution in [2.45, 2.75) is 49.9 Å². The molecule has 0 aromatic carbocycles. The summed E-state index contributed by atoms with van der Waals surface area (Å²) < 4.78 is 5.44. The lowest BCUT2D eigenvalue weighted by Gasteiger charge is -2.59. The Balaban J connectivity index is 1.33. The van der Waals surface area contributed by atoms with Crippen molar-refractivity contribution >= 4 is 22.6 Å². The molecule has 4 aliphatic rings. The Morgan fingerprint density at radius 2 is 2.09 bits per heavy atom. The highest BCUT2D eigenvalue weighted by Gasteiger charge is 2.55. The second-order valence-electron chi connectivity index (χ2n) is 10.1. The number of aliphatic hydroxyl groups is 3. The standard InChI is InChI=1S/C23H28N6O5/c30-10-14(31)8-26-21(33)20-27-22(34-29-20)16-9-25-19-15(1-2-24-19)17(16)28-23-5-11-3-12(6-23)18(32)13(4-11)7-23/h1-2,9,11-14,18,30-32H,3-8,10H2,(H,26,33)(H2,24,25,28)/t11?,12-,13+,14-,18?,23+/m0/s1. The van der Waals surface area contributed by atoms with Crippen molar-refractivity contribution in [2.24, 2.45) is 17.8 Å². The van der Waals surface area contributed by atoms with Gasteiger partial charge in [0.2, 0.25) is 0 Å². The van der Waals surface area contributed by atoms with Gasteiger partial charge in [0.25, 0.3) is 17.6 Å². The number of aliphatic hydroxyl groups excluding tert-OH is 3. The summed E-state index contributed by atoms with van der Waals surface area (Å²) in [4.78, 5) is 24.3. The van der Waals surface area contributed by atoms with Crippen LogP contribution in [0.2, 0.25) is 0 Å². The van der Waals surface area contributed by atoms with Crippen LogP contribution in [0, 0.1) is 17.8 Å². The largest absolute Gasteiger partial charge is 0.394 e. The Kier molecular flexibility index (Phi) is 5.08. The average Bonchev–Trinajstić information content (AvgIpc) is 3.50. The first kappa shape index (κ1) is 21.5. The number of H-pyrrole nitrogens is 1. The van der Waals surface area contributed by atoms with Gasteiger partial charge in [-0.05, 0) is 55.9 Å². The highest BCUT2D eigenvalue weighted by molar-refractivity contribution is 5.97. The van der Waals surface area contributed by atoms with Crippen LogP contribution in [0.15, 0.2) is 23.0 Å². The number of aromatic nitrogens is 4. The number of nitrogens with zero attached hydrogens (tertiary/aromatic N) is 3. The van der Waals surface area contributed by atoms with E-state index in [1.54, 1.807) is 6.20 Å². The molecule has 1 amide bonds. The second kappa shape index (κ2) is 8.03. The molecule has 4 fully saturated rings. The Labute approximate surface area is 195 Å². The van der Waals surface area contributed by atoms with Crippen LogP contribution in [0.5, 0.6) is 0 Å². The molecule has 11 nitrogen and oxygen atoms in total. The summed E-state index contributed by atoms with van der Waals surface area (Å²) in [5.41, 5.74) is 2.04. The highest BCUT2D eigenvalue weighted by atomic mass is 16.5. The molecule has 6 N–H and O–H groups in total. The van der Waals surface area contributed by atoms with Gasteiger partial charge in [0.15, 0.2) is 0 Å². The van der Waals surface area contributed by atoms with Gasteiger partial charge in [-0.15, -0.1) is 0 Å². The molecule has 180 valence electrons. The zero-order chi connectivity index (χ0) is 23.4. The van der Waals surface area contributed by atoms with E-state index in [2.05, 4.69) is 30.7 Å². The Hall–Kier alpha value is -3.02. The Bertz CT molecular complexity index is 1210. The fourth-order valence-electron chi connectivity index (χ4n) is 6.50. The monoisotopic (exact) mass is 468 g/mol. The van der Waals surface area contributed by atoms with E-state index in [0.717, 1.165) is 48.8 Å². The van der Waals surface area contributed by atoms with Crippen molar-refractivity contribution in [3.8, 4) is 11.5 Å². The lowest BCUT2D eigenvalue weighted by Crippen LogP contribution is -2.60. The van der Waals surface area contributed by atoms with Crippen molar-refractivity contribution in [2.75, 3.05) is 18.5 Å². The summed E-state index contributed by atoms with van der Waals surface area (Å²) in [5.74, 6) is 0.641. The number of aromatic amines is 1. The Morgan fingerprint density at radius 1 is 1.29 bits per heavy atom. The van der Waals surface area contributed by atoms with Crippen molar-refractivity contribution in [1.82, 2.24) is 25.4 Å². The molecule has 34 heavy (non-hydrogen) atoms. The van der Waals surface area contributed by atoms with Gasteiger partial charge in [0.1, 0.15) is 5.65 Å². The number of pyridine rings is 1. The molecule has 0 aliphatic heterocycles. The van der Waals surface area contributed by atoms with Crippen LogP contribution in [0.4, 0.5) is 5.69 Å². The zero-order valence-electron chi connectivity index (χ0n) is 18.6. The topological polar surface area (TPSA) is 169 Å². The molecule has 6 atom stereocenters. The Morgan fingerprint density at radius 3 is 2.85 bits per heavy atom. The maximum Gasteiger partial charge on any atom is 0.292 e. The molecule has 0 radical (unpaired) electrons. The van der Waals surface area contributed by atoms with Gasteiger partial charge in [-0.25, -0.2) is 4.98 Å². The molecular weight excluding hydrogens is 440 g/mol. The summed E-state index contributed by atoms with van der Waals surface area (Å²) >= 11 is 0. The molecule has 2 unspecified atom stereocenters. The quantitative estimate of drug-likeness (QED) is 0.297. The molecule has 0 saturated heterocycles. The maximum atomic E-state index is 12.3. The third kappa shape index (κ3) is 3.55. The van der Waals surface area contributed by atoms with Gasteiger partial charge in [-0.3, -0.25) is 4.79 Å². The van der Waals surface area contributed by atoms with Crippen molar-refractivity contribution in [3.63, 3.8) is 0 Å². The van der Waals surface area contributed by atoms with Gasteiger partial charge in [0.05, 0.1) is 30.1 Å². The van der Waals surface area contributed by atoms with E-state index < -0.39 is 18.6 Å². The van der Waals surface area contributed by atoms with E-state index in [0.29, 0.717) is 23.3 Å². The fourth-order valence-corrected chi connectivity index (χ4v) is 6.50. The van der Waals surface area contributed by atoms with E-state index in [-0.39, 0.29) is 29.9 Å². The van der Waals surface area contributed by atoms with E-state index in [9.17, 15) is 15.0 Å². The average molecular weight is 469 g/mol. The first-order chi connectivity index (χ1) is 16.4. The minimum absolute atomic E-state index is 0.114. The van der Waals surface area contributed by atoms with Gasteiger partial charge < -0.3 is 35.5 Å². The number of hydrogen-bond donors (Lipinski definition) is 6. The van der Waals surface area contributed by atoms with Crippen LogP contribution in [-0.2, 0) is 0 Å². The first-order valence-electron chi connectivity index (χ1n) is 11.8. The molecule has 11 heteroatoms. The summed E-state index contributed by atoms with van der Waals surface area (Å²) in [6.07, 6.45) is 7.29. The molecule has 4 aliphatic carbocycles. The zero-order valence-corrected chi connectivity index (χ0v) is 18.6. The molecule has 4 saturated carbocycles. The summed E-state index contributed by atoms with van der Waals surface area (Å²) in [7, 11) is 0. The molecular formula is C23H28N6O5. The number of anilines is 1. The van der Waals surface area contributed by atoms with Crippen LogP contribution in [0.25, 0.3) is 22.5 Å². The minimum atomic E-state index is -1.06. The van der Waals surface area contributed by atoms with Gasteiger partial charge in [-0.1, -0.05) is 5.16 Å². The number of carbonyl (C=O) groups is 1. The minimum Gasteiger partial charge on any atom is -0.394 e. The van der Waals surface area contributed by atoms with Crippen LogP contribution in [0.1, 0.15) is 42.7 Å². The third-order valence-electron chi connectivity index (χ3n) is 7.77. The van der Waals surface area contributed by atoms with E-state index in [1.807, 2.05) is 12.3 Å². The molecule has 4 bridgehead atoms. The van der Waals surface area contributed by atoms with Gasteiger partial charge >= 0.3 is 0 Å². The van der Waals surface area contributed by atoms with Crippen LogP contribution in [0.3, 0.4) is 0 Å². The summed E-state index contributed by atoms with van der Waals surface area (Å²) in [6, 6.07) is 1.95. The van der Waals surface area contributed by atoms with Gasteiger partial charge in [-0.2, -0.15) is 4.98 Å². The normalized spacial score (nSPS) is 30.6. The van der Waals surface area contributed by atoms with E-state index >= 15 is 0 Å². The predicted molar refractivity (Wildman–Crippen MR) is 121 cm³/mol.